The van der Waals surface area contributed by atoms with E-state index in [1.807, 2.05) is 0 Å². The second-order valence-corrected chi connectivity index (χ2v) is 11.5. The molecule has 0 saturated heterocycles. The van der Waals surface area contributed by atoms with Crippen molar-refractivity contribution in [3.05, 3.63) is 77.1 Å². The van der Waals surface area contributed by atoms with E-state index in [2.05, 4.69) is 14.8 Å². The molecule has 41 heavy (non-hydrogen) atoms. The van der Waals surface area contributed by atoms with Gasteiger partial charge in [0.1, 0.15) is 23.8 Å². The number of nitrogens with one attached hydrogen (secondary N) is 2. The van der Waals surface area contributed by atoms with Gasteiger partial charge in [-0.05, 0) is 74.4 Å². The Morgan fingerprint density at radius 2 is 1.66 bits per heavy atom. The number of anilines is 1. The highest BCUT2D eigenvalue weighted by Crippen LogP contribution is 2.42. The third-order valence-electron chi connectivity index (χ3n) is 5.60. The fourth-order valence-corrected chi connectivity index (χ4v) is 4.26. The number of fused-ring (bicyclic) bond motifs is 3. The molecule has 0 atom stereocenters. The minimum Gasteiger partial charge on any atom is -0.488 e. The van der Waals surface area contributed by atoms with Crippen LogP contribution < -0.4 is 19.6 Å². The van der Waals surface area contributed by atoms with Crippen molar-refractivity contribution in [2.24, 2.45) is 0 Å². The third kappa shape index (κ3) is 7.06. The average molecular weight is 597 g/mol. The molecule has 0 spiro atoms. The number of alkyl carbamates (subject to hydrolysis) is 1. The van der Waals surface area contributed by atoms with Gasteiger partial charge >= 0.3 is 21.7 Å². The first-order chi connectivity index (χ1) is 19.0. The highest BCUT2D eigenvalue weighted by molar-refractivity contribution is 7.88. The Morgan fingerprint density at radius 1 is 0.976 bits per heavy atom. The maximum Gasteiger partial charge on any atom is 0.534 e. The Bertz CT molecular complexity index is 1600. The number of carbonyl (C=O) groups excluding carboxylic acids is 2. The number of alkyl halides is 3. The number of hydrogen-bond acceptors (Lipinski definition) is 7. The molecule has 0 radical (unpaired) electrons. The predicted molar refractivity (Wildman–Crippen MR) is 139 cm³/mol. The van der Waals surface area contributed by atoms with Gasteiger partial charge in [0.15, 0.2) is 5.75 Å². The predicted octanol–water partition coefficient (Wildman–Crippen LogP) is 5.89. The lowest BCUT2D eigenvalue weighted by atomic mass is 9.94. The van der Waals surface area contributed by atoms with Crippen molar-refractivity contribution in [1.82, 2.24) is 5.32 Å². The number of rotatable bonds is 6. The molecule has 3 aromatic carbocycles. The fraction of sp³-hybridized carbons (Fsp3) is 0.259. The summed E-state index contributed by atoms with van der Waals surface area (Å²) in [6, 6.07) is 11.7. The summed E-state index contributed by atoms with van der Waals surface area (Å²) in [5, 5.41) is 5.05. The van der Waals surface area contributed by atoms with Gasteiger partial charge in [0.2, 0.25) is 0 Å². The zero-order valence-electron chi connectivity index (χ0n) is 21.9. The number of amides is 2. The van der Waals surface area contributed by atoms with Crippen molar-refractivity contribution >= 4 is 27.8 Å². The molecular formula is C27H24F4N2O7S. The molecule has 0 unspecified atom stereocenters. The summed E-state index contributed by atoms with van der Waals surface area (Å²) in [5.41, 5.74) is -5.51. The summed E-state index contributed by atoms with van der Waals surface area (Å²) in [6.07, 6.45) is -0.629. The van der Waals surface area contributed by atoms with Crippen LogP contribution in [0, 0.1) is 5.82 Å². The van der Waals surface area contributed by atoms with Gasteiger partial charge in [-0.15, -0.1) is 0 Å². The molecule has 0 saturated carbocycles. The van der Waals surface area contributed by atoms with E-state index in [0.717, 1.165) is 24.3 Å². The summed E-state index contributed by atoms with van der Waals surface area (Å²) in [7, 11) is -6.13. The molecule has 14 heteroatoms. The molecule has 3 aromatic rings. The second kappa shape index (κ2) is 10.9. The molecule has 2 amide bonds. The molecule has 1 heterocycles. The van der Waals surface area contributed by atoms with Crippen molar-refractivity contribution in [3.63, 3.8) is 0 Å². The quantitative estimate of drug-likeness (QED) is 0.207. The zero-order chi connectivity index (χ0) is 30.2. The zero-order valence-corrected chi connectivity index (χ0v) is 22.7. The Labute approximate surface area is 232 Å². The van der Waals surface area contributed by atoms with Crippen molar-refractivity contribution < 1.29 is 49.2 Å². The molecule has 1 aliphatic heterocycles. The first kappa shape index (κ1) is 29.6. The molecular weight excluding hydrogens is 572 g/mol. The van der Waals surface area contributed by atoms with Crippen LogP contribution in [0.5, 0.6) is 11.5 Å². The lowest BCUT2D eigenvalue weighted by Crippen LogP contribution is -2.32. The summed E-state index contributed by atoms with van der Waals surface area (Å²) >= 11 is 0. The van der Waals surface area contributed by atoms with E-state index >= 15 is 0 Å². The van der Waals surface area contributed by atoms with E-state index in [1.54, 1.807) is 32.9 Å². The van der Waals surface area contributed by atoms with E-state index in [1.165, 1.54) is 18.2 Å². The van der Waals surface area contributed by atoms with Gasteiger partial charge in [-0.1, -0.05) is 12.1 Å². The van der Waals surface area contributed by atoms with Crippen LogP contribution in [0.3, 0.4) is 0 Å². The summed E-state index contributed by atoms with van der Waals surface area (Å²) in [6.45, 7) is 5.06. The molecule has 218 valence electrons. The minimum absolute atomic E-state index is 0.110. The maximum absolute atomic E-state index is 14.0. The lowest BCUT2D eigenvalue weighted by Gasteiger charge is -2.23. The van der Waals surface area contributed by atoms with Crippen LogP contribution in [-0.4, -0.2) is 31.5 Å². The van der Waals surface area contributed by atoms with Crippen LogP contribution >= 0.6 is 0 Å². The van der Waals surface area contributed by atoms with Crippen molar-refractivity contribution in [2.75, 3.05) is 5.32 Å². The van der Waals surface area contributed by atoms with Gasteiger partial charge in [-0.25, -0.2) is 9.18 Å². The summed E-state index contributed by atoms with van der Waals surface area (Å²) < 4.78 is 91.8. The van der Waals surface area contributed by atoms with Crippen LogP contribution in [0.4, 0.5) is 28.0 Å². The SMILES string of the molecule is CC(C)(C)OC(=O)NCc1ccc(NC(=O)c2cc3c(cc2OS(=O)(=O)C(F)(F)F)COc2ccc(F)cc2-3)cc1. The van der Waals surface area contributed by atoms with Gasteiger partial charge in [0.05, 0.1) is 5.56 Å². The highest BCUT2D eigenvalue weighted by atomic mass is 32.2. The van der Waals surface area contributed by atoms with Gasteiger partial charge in [-0.3, -0.25) is 4.79 Å². The molecule has 0 aliphatic carbocycles. The van der Waals surface area contributed by atoms with Crippen LogP contribution in [0.1, 0.15) is 42.3 Å². The van der Waals surface area contributed by atoms with Crippen LogP contribution in [0.2, 0.25) is 0 Å². The van der Waals surface area contributed by atoms with E-state index in [9.17, 15) is 35.6 Å². The van der Waals surface area contributed by atoms with Crippen LogP contribution in [-0.2, 0) is 28.0 Å². The Kier molecular flexibility index (Phi) is 7.89. The van der Waals surface area contributed by atoms with Crippen molar-refractivity contribution in [2.45, 2.75) is 45.0 Å². The lowest BCUT2D eigenvalue weighted by molar-refractivity contribution is -0.0500. The minimum atomic E-state index is -6.13. The number of halogens is 4. The van der Waals surface area contributed by atoms with Gasteiger partial charge in [0, 0.05) is 23.4 Å². The van der Waals surface area contributed by atoms with Crippen LogP contribution in [0.15, 0.2) is 54.6 Å². The molecule has 4 rings (SSSR count). The second-order valence-electron chi connectivity index (χ2n) is 9.92. The van der Waals surface area contributed by atoms with E-state index in [-0.39, 0.29) is 41.3 Å². The maximum atomic E-state index is 14.0. The number of benzene rings is 3. The van der Waals surface area contributed by atoms with Gasteiger partial charge in [-0.2, -0.15) is 21.6 Å². The first-order valence-corrected chi connectivity index (χ1v) is 13.4. The smallest absolute Gasteiger partial charge is 0.488 e. The Hall–Kier alpha value is -4.33. The monoisotopic (exact) mass is 596 g/mol. The van der Waals surface area contributed by atoms with E-state index in [4.69, 9.17) is 9.47 Å². The molecule has 0 aromatic heterocycles. The van der Waals surface area contributed by atoms with Gasteiger partial charge in [0.25, 0.3) is 5.91 Å². The van der Waals surface area contributed by atoms with Crippen molar-refractivity contribution in [1.29, 1.82) is 0 Å². The standard InChI is InChI=1S/C27H24F4N2O7S/c1-26(2,3)39-25(35)32-13-15-4-7-18(8-5-15)33-24(34)21-12-19-16(10-23(21)40-41(36,37)27(29,30)31)14-38-22-9-6-17(28)11-20(19)22/h4-12H,13-14H2,1-3H3,(H,32,35)(H,33,34). The molecule has 0 bridgehead atoms. The molecule has 1 aliphatic rings. The summed E-state index contributed by atoms with van der Waals surface area (Å²) in [5.74, 6) is -2.26. The third-order valence-corrected chi connectivity index (χ3v) is 6.56. The molecule has 2 N–H and O–H groups in total. The average Bonchev–Trinajstić information content (AvgIpc) is 2.86. The van der Waals surface area contributed by atoms with Crippen LogP contribution in [0.25, 0.3) is 11.1 Å². The summed E-state index contributed by atoms with van der Waals surface area (Å²) in [4.78, 5) is 25.1. The topological polar surface area (TPSA) is 120 Å². The van der Waals surface area contributed by atoms with E-state index < -0.39 is 50.4 Å². The van der Waals surface area contributed by atoms with E-state index in [0.29, 0.717) is 5.56 Å². The largest absolute Gasteiger partial charge is 0.534 e. The normalized spacial score (nSPS) is 12.9. The number of ether oxygens (including phenoxy) is 2. The highest BCUT2D eigenvalue weighted by Gasteiger charge is 2.49. The number of hydrogen-bond donors (Lipinski definition) is 2. The Balaban J connectivity index is 1.62. The van der Waals surface area contributed by atoms with Gasteiger partial charge < -0.3 is 24.3 Å². The molecule has 0 fully saturated rings. The fourth-order valence-electron chi connectivity index (χ4n) is 3.79. The van der Waals surface area contributed by atoms with Crippen molar-refractivity contribution in [3.8, 4) is 22.6 Å². The first-order valence-electron chi connectivity index (χ1n) is 12.0. The Morgan fingerprint density at radius 3 is 2.29 bits per heavy atom. The molecule has 9 nitrogen and oxygen atoms in total. The number of carbonyl (C=O) groups is 2.